The maximum atomic E-state index is 2.50. The number of benzene rings is 1. The fourth-order valence-corrected chi connectivity index (χ4v) is 2.85. The number of rotatable bonds is 2. The molecule has 102 valence electrons. The van der Waals surface area contributed by atoms with Crippen molar-refractivity contribution >= 4 is 16.6 Å². The molecular weight excluding hydrogens is 234 g/mol. The van der Waals surface area contributed by atoms with Gasteiger partial charge in [0.25, 0.3) is 0 Å². The minimum absolute atomic E-state index is 0.514. The molecular formula is C16H23N3. The van der Waals surface area contributed by atoms with Gasteiger partial charge in [-0.3, -0.25) is 0 Å². The summed E-state index contributed by atoms with van der Waals surface area (Å²) in [5, 5.41) is 1.34. The topological polar surface area (TPSA) is 11.4 Å². The lowest BCUT2D eigenvalue weighted by Crippen LogP contribution is -2.44. The molecule has 0 unspecified atom stereocenters. The van der Waals surface area contributed by atoms with Gasteiger partial charge in [-0.1, -0.05) is 6.07 Å². The molecule has 0 aliphatic carbocycles. The minimum Gasteiger partial charge on any atom is -0.369 e. The third kappa shape index (κ3) is 2.35. The molecule has 1 aliphatic rings. The number of piperazine rings is 1. The zero-order valence-corrected chi connectivity index (χ0v) is 12.1. The summed E-state index contributed by atoms with van der Waals surface area (Å²) < 4.78 is 2.36. The van der Waals surface area contributed by atoms with Gasteiger partial charge in [0.05, 0.1) is 5.52 Å². The van der Waals surface area contributed by atoms with Crippen molar-refractivity contribution in [3.8, 4) is 0 Å². The second-order valence-corrected chi connectivity index (χ2v) is 5.85. The lowest BCUT2D eigenvalue weighted by molar-refractivity contribution is 0.313. The molecule has 3 heteroatoms. The van der Waals surface area contributed by atoms with Gasteiger partial charge in [0.1, 0.15) is 0 Å². The van der Waals surface area contributed by atoms with Crippen molar-refractivity contribution in [2.45, 2.75) is 19.9 Å². The van der Waals surface area contributed by atoms with Crippen LogP contribution in [-0.2, 0) is 0 Å². The molecule has 1 saturated heterocycles. The van der Waals surface area contributed by atoms with Crippen LogP contribution in [0.15, 0.2) is 30.5 Å². The monoisotopic (exact) mass is 257 g/mol. The smallest absolute Gasteiger partial charge is 0.0503 e. The summed E-state index contributed by atoms with van der Waals surface area (Å²) in [5.74, 6) is 0. The van der Waals surface area contributed by atoms with E-state index in [1.165, 1.54) is 16.6 Å². The van der Waals surface area contributed by atoms with Crippen molar-refractivity contribution < 1.29 is 0 Å². The van der Waals surface area contributed by atoms with Gasteiger partial charge in [-0.15, -0.1) is 0 Å². The van der Waals surface area contributed by atoms with Gasteiger partial charge in [0.2, 0.25) is 0 Å². The standard InChI is InChI=1S/C16H23N3/c1-13(2)19-7-6-14-4-5-15(12-16(14)19)18-10-8-17(3)9-11-18/h4-7,12-13H,8-11H2,1-3H3. The minimum atomic E-state index is 0.514. The van der Waals surface area contributed by atoms with Crippen LogP contribution in [0, 0.1) is 0 Å². The largest absolute Gasteiger partial charge is 0.369 e. The van der Waals surface area contributed by atoms with E-state index in [0.29, 0.717) is 6.04 Å². The molecule has 1 aromatic carbocycles. The molecule has 1 aliphatic heterocycles. The van der Waals surface area contributed by atoms with Crippen molar-refractivity contribution in [3.05, 3.63) is 30.5 Å². The quantitative estimate of drug-likeness (QED) is 0.819. The number of nitrogens with zero attached hydrogens (tertiary/aromatic N) is 3. The summed E-state index contributed by atoms with van der Waals surface area (Å²) in [4.78, 5) is 4.89. The Kier molecular flexibility index (Phi) is 3.23. The Bertz CT molecular complexity index is 562. The molecule has 2 aromatic rings. The number of hydrogen-bond donors (Lipinski definition) is 0. The predicted octanol–water partition coefficient (Wildman–Crippen LogP) is 2.97. The van der Waals surface area contributed by atoms with Crippen LogP contribution in [0.2, 0.25) is 0 Å². The lowest BCUT2D eigenvalue weighted by Gasteiger charge is -2.34. The molecule has 0 atom stereocenters. The number of fused-ring (bicyclic) bond motifs is 1. The average Bonchev–Trinajstić information content (AvgIpc) is 2.82. The predicted molar refractivity (Wildman–Crippen MR) is 82.0 cm³/mol. The highest BCUT2D eigenvalue weighted by atomic mass is 15.2. The Morgan fingerprint density at radius 2 is 1.74 bits per heavy atom. The first-order chi connectivity index (χ1) is 9.15. The maximum absolute atomic E-state index is 2.50. The molecule has 1 fully saturated rings. The molecule has 0 radical (unpaired) electrons. The highest BCUT2D eigenvalue weighted by Gasteiger charge is 2.15. The number of anilines is 1. The van der Waals surface area contributed by atoms with Gasteiger partial charge in [0.15, 0.2) is 0 Å². The van der Waals surface area contributed by atoms with Gasteiger partial charge in [-0.2, -0.15) is 0 Å². The summed E-state index contributed by atoms with van der Waals surface area (Å²) in [6, 6.07) is 9.59. The molecule has 0 N–H and O–H groups in total. The Balaban J connectivity index is 1.94. The normalized spacial score (nSPS) is 17.6. The Hall–Kier alpha value is -1.48. The molecule has 0 spiro atoms. The first-order valence-corrected chi connectivity index (χ1v) is 7.19. The lowest BCUT2D eigenvalue weighted by atomic mass is 10.2. The molecule has 2 heterocycles. The van der Waals surface area contributed by atoms with E-state index in [1.807, 2.05) is 0 Å². The van der Waals surface area contributed by atoms with Crippen LogP contribution in [0.3, 0.4) is 0 Å². The Morgan fingerprint density at radius 1 is 1.00 bits per heavy atom. The fraction of sp³-hybridized carbons (Fsp3) is 0.500. The van der Waals surface area contributed by atoms with Crippen LogP contribution in [0.25, 0.3) is 10.9 Å². The summed E-state index contributed by atoms with van der Waals surface area (Å²) in [7, 11) is 2.20. The zero-order chi connectivity index (χ0) is 13.4. The molecule has 3 rings (SSSR count). The first kappa shape index (κ1) is 12.5. The highest BCUT2D eigenvalue weighted by Crippen LogP contribution is 2.26. The maximum Gasteiger partial charge on any atom is 0.0503 e. The van der Waals surface area contributed by atoms with Gasteiger partial charge in [0, 0.05) is 44.1 Å². The summed E-state index contributed by atoms with van der Waals surface area (Å²) in [6.07, 6.45) is 2.20. The summed E-state index contributed by atoms with van der Waals surface area (Å²) >= 11 is 0. The number of aromatic nitrogens is 1. The molecule has 0 saturated carbocycles. The fourth-order valence-electron chi connectivity index (χ4n) is 2.85. The van der Waals surface area contributed by atoms with E-state index in [1.54, 1.807) is 0 Å². The molecule has 3 nitrogen and oxygen atoms in total. The summed E-state index contributed by atoms with van der Waals surface area (Å²) in [6.45, 7) is 9.05. The van der Waals surface area contributed by atoms with Gasteiger partial charge in [-0.05, 0) is 44.5 Å². The van der Waals surface area contributed by atoms with Crippen molar-refractivity contribution in [2.24, 2.45) is 0 Å². The molecule has 19 heavy (non-hydrogen) atoms. The van der Waals surface area contributed by atoms with E-state index in [9.17, 15) is 0 Å². The number of hydrogen-bond acceptors (Lipinski definition) is 2. The van der Waals surface area contributed by atoms with Crippen molar-refractivity contribution in [1.82, 2.24) is 9.47 Å². The first-order valence-electron chi connectivity index (χ1n) is 7.19. The van der Waals surface area contributed by atoms with E-state index < -0.39 is 0 Å². The second-order valence-electron chi connectivity index (χ2n) is 5.85. The Labute approximate surface area is 115 Å². The Morgan fingerprint density at radius 3 is 2.42 bits per heavy atom. The zero-order valence-electron chi connectivity index (χ0n) is 12.1. The van der Waals surface area contributed by atoms with Gasteiger partial charge in [-0.25, -0.2) is 0 Å². The van der Waals surface area contributed by atoms with E-state index >= 15 is 0 Å². The van der Waals surface area contributed by atoms with Crippen molar-refractivity contribution in [2.75, 3.05) is 38.1 Å². The third-order valence-electron chi connectivity index (χ3n) is 4.13. The van der Waals surface area contributed by atoms with E-state index in [0.717, 1.165) is 26.2 Å². The van der Waals surface area contributed by atoms with Crippen LogP contribution in [0.1, 0.15) is 19.9 Å². The van der Waals surface area contributed by atoms with E-state index in [2.05, 4.69) is 65.7 Å². The van der Waals surface area contributed by atoms with Gasteiger partial charge >= 0.3 is 0 Å². The van der Waals surface area contributed by atoms with Gasteiger partial charge < -0.3 is 14.4 Å². The van der Waals surface area contributed by atoms with Crippen molar-refractivity contribution in [3.63, 3.8) is 0 Å². The molecule has 0 bridgehead atoms. The van der Waals surface area contributed by atoms with Crippen LogP contribution in [0.5, 0.6) is 0 Å². The summed E-state index contributed by atoms with van der Waals surface area (Å²) in [5.41, 5.74) is 2.72. The molecule has 0 amide bonds. The van der Waals surface area contributed by atoms with Crippen LogP contribution in [0.4, 0.5) is 5.69 Å². The van der Waals surface area contributed by atoms with E-state index in [4.69, 9.17) is 0 Å². The highest BCUT2D eigenvalue weighted by molar-refractivity contribution is 5.84. The second kappa shape index (κ2) is 4.89. The third-order valence-corrected chi connectivity index (χ3v) is 4.13. The van der Waals surface area contributed by atoms with Crippen LogP contribution < -0.4 is 4.90 Å². The average molecular weight is 257 g/mol. The van der Waals surface area contributed by atoms with Crippen LogP contribution in [-0.4, -0.2) is 42.7 Å². The number of likely N-dealkylation sites (N-methyl/N-ethyl adjacent to an activating group) is 1. The van der Waals surface area contributed by atoms with Crippen LogP contribution >= 0.6 is 0 Å². The van der Waals surface area contributed by atoms with E-state index in [-0.39, 0.29) is 0 Å². The van der Waals surface area contributed by atoms with Crippen molar-refractivity contribution in [1.29, 1.82) is 0 Å². The SMILES string of the molecule is CC(C)n1ccc2ccc(N3CCN(C)CC3)cc21. The molecule has 1 aromatic heterocycles.